The van der Waals surface area contributed by atoms with E-state index in [-0.39, 0.29) is 5.33 Å². The number of alkyl halides is 1. The summed E-state index contributed by atoms with van der Waals surface area (Å²) in [6.07, 6.45) is 0. The Morgan fingerprint density at radius 3 is 2.15 bits per heavy atom. The van der Waals surface area contributed by atoms with Crippen LogP contribution in [0.4, 0.5) is 0 Å². The van der Waals surface area contributed by atoms with Crippen molar-refractivity contribution in [2.24, 2.45) is 0 Å². The molecule has 0 aliphatic rings. The lowest BCUT2D eigenvalue weighted by Gasteiger charge is -1.97. The van der Waals surface area contributed by atoms with Gasteiger partial charge in [0.2, 0.25) is 11.6 Å². The summed E-state index contributed by atoms with van der Waals surface area (Å²) in [7, 11) is 0. The second-order valence-corrected chi connectivity index (χ2v) is 3.87. The third-order valence-corrected chi connectivity index (χ3v) is 2.52. The van der Waals surface area contributed by atoms with Gasteiger partial charge >= 0.3 is 0 Å². The summed E-state index contributed by atoms with van der Waals surface area (Å²) in [5, 5.41) is 0.0713. The molecule has 4 heteroatoms. The molecule has 0 N–H and O–H groups in total. The smallest absolute Gasteiger partial charge is 0.229 e. The van der Waals surface area contributed by atoms with E-state index in [0.29, 0.717) is 5.56 Å². The van der Waals surface area contributed by atoms with Crippen LogP contribution in [0.2, 0.25) is 0 Å². The van der Waals surface area contributed by atoms with Gasteiger partial charge in [-0.3, -0.25) is 9.59 Å². The van der Waals surface area contributed by atoms with Gasteiger partial charge in [0.15, 0.2) is 0 Å². The van der Waals surface area contributed by atoms with Crippen LogP contribution in [0.15, 0.2) is 28.7 Å². The molecule has 0 spiro atoms. The molecule has 0 saturated heterocycles. The topological polar surface area (TPSA) is 34.1 Å². The summed E-state index contributed by atoms with van der Waals surface area (Å²) >= 11 is 6.19. The van der Waals surface area contributed by atoms with Gasteiger partial charge in [0, 0.05) is 10.0 Å². The highest BCUT2D eigenvalue weighted by Gasteiger charge is 2.13. The standard InChI is InChI=1S/C9H6Br2O2/c10-5-8(12)9(13)6-1-3-7(11)4-2-6/h1-4H,5H2. The molecule has 0 aromatic heterocycles. The maximum atomic E-state index is 11.3. The van der Waals surface area contributed by atoms with Crippen molar-refractivity contribution in [2.45, 2.75) is 0 Å². The van der Waals surface area contributed by atoms with Gasteiger partial charge < -0.3 is 0 Å². The third-order valence-electron chi connectivity index (χ3n) is 1.48. The fraction of sp³-hybridized carbons (Fsp3) is 0.111. The predicted molar refractivity (Wildman–Crippen MR) is 57.3 cm³/mol. The summed E-state index contributed by atoms with van der Waals surface area (Å²) < 4.78 is 0.885. The van der Waals surface area contributed by atoms with Gasteiger partial charge in [-0.25, -0.2) is 0 Å². The SMILES string of the molecule is O=C(CBr)C(=O)c1ccc(Br)cc1. The van der Waals surface area contributed by atoms with Crippen LogP contribution in [0.25, 0.3) is 0 Å². The van der Waals surface area contributed by atoms with Crippen LogP contribution in [0.5, 0.6) is 0 Å². The van der Waals surface area contributed by atoms with Gasteiger partial charge in [-0.2, -0.15) is 0 Å². The number of rotatable bonds is 3. The lowest BCUT2D eigenvalue weighted by molar-refractivity contribution is -0.112. The number of carbonyl (C=O) groups excluding carboxylic acids is 2. The van der Waals surface area contributed by atoms with Crippen molar-refractivity contribution in [1.29, 1.82) is 0 Å². The second kappa shape index (κ2) is 4.67. The number of benzene rings is 1. The van der Waals surface area contributed by atoms with Crippen molar-refractivity contribution in [3.8, 4) is 0 Å². The summed E-state index contributed by atoms with van der Waals surface area (Å²) in [5.41, 5.74) is 0.424. The highest BCUT2D eigenvalue weighted by molar-refractivity contribution is 9.10. The van der Waals surface area contributed by atoms with E-state index in [1.165, 1.54) is 0 Å². The summed E-state index contributed by atoms with van der Waals surface area (Å²) in [6.45, 7) is 0. The van der Waals surface area contributed by atoms with Crippen LogP contribution in [-0.2, 0) is 4.79 Å². The molecule has 1 aromatic carbocycles. The minimum Gasteiger partial charge on any atom is -0.290 e. The summed E-state index contributed by atoms with van der Waals surface area (Å²) in [4.78, 5) is 22.3. The Bertz CT molecular complexity index is 330. The first-order chi connectivity index (χ1) is 6.15. The molecule has 0 amide bonds. The Labute approximate surface area is 92.6 Å². The molecule has 0 unspecified atom stereocenters. The van der Waals surface area contributed by atoms with Crippen LogP contribution in [0.3, 0.4) is 0 Å². The predicted octanol–water partition coefficient (Wildman–Crippen LogP) is 2.60. The zero-order chi connectivity index (χ0) is 9.84. The van der Waals surface area contributed by atoms with Crippen molar-refractivity contribution in [1.82, 2.24) is 0 Å². The van der Waals surface area contributed by atoms with Crippen molar-refractivity contribution in [2.75, 3.05) is 5.33 Å². The van der Waals surface area contributed by atoms with E-state index in [2.05, 4.69) is 31.9 Å². The highest BCUT2D eigenvalue weighted by Crippen LogP contribution is 2.11. The van der Waals surface area contributed by atoms with Crippen LogP contribution in [0.1, 0.15) is 10.4 Å². The van der Waals surface area contributed by atoms with E-state index >= 15 is 0 Å². The maximum Gasteiger partial charge on any atom is 0.229 e. The number of hydrogen-bond donors (Lipinski definition) is 0. The van der Waals surface area contributed by atoms with E-state index in [1.807, 2.05) is 0 Å². The average molecular weight is 306 g/mol. The normalized spacial score (nSPS) is 9.69. The Kier molecular flexibility index (Phi) is 3.81. The van der Waals surface area contributed by atoms with Gasteiger partial charge in [0.1, 0.15) is 0 Å². The number of halogens is 2. The van der Waals surface area contributed by atoms with Crippen molar-refractivity contribution < 1.29 is 9.59 Å². The number of ketones is 2. The number of Topliss-reactive ketones (excluding diaryl/α,β-unsaturated/α-hetero) is 2. The Hall–Kier alpha value is -0.480. The van der Waals surface area contributed by atoms with Crippen LogP contribution in [0, 0.1) is 0 Å². The van der Waals surface area contributed by atoms with Gasteiger partial charge in [-0.1, -0.05) is 31.9 Å². The van der Waals surface area contributed by atoms with E-state index in [9.17, 15) is 9.59 Å². The third kappa shape index (κ3) is 2.74. The first-order valence-electron chi connectivity index (χ1n) is 3.54. The Morgan fingerprint density at radius 1 is 1.15 bits per heavy atom. The van der Waals surface area contributed by atoms with E-state index in [4.69, 9.17) is 0 Å². The monoisotopic (exact) mass is 304 g/mol. The molecule has 0 radical (unpaired) electrons. The maximum absolute atomic E-state index is 11.3. The molecule has 0 fully saturated rings. The second-order valence-electron chi connectivity index (χ2n) is 2.39. The molecule has 0 heterocycles. The minimum atomic E-state index is -0.454. The van der Waals surface area contributed by atoms with Crippen molar-refractivity contribution in [3.63, 3.8) is 0 Å². The van der Waals surface area contributed by atoms with Crippen molar-refractivity contribution in [3.05, 3.63) is 34.3 Å². The zero-order valence-corrected chi connectivity index (χ0v) is 9.76. The lowest BCUT2D eigenvalue weighted by atomic mass is 10.1. The molecule has 0 bridgehead atoms. The number of carbonyl (C=O) groups is 2. The molecule has 68 valence electrons. The molecular formula is C9H6Br2O2. The molecule has 0 aliphatic heterocycles. The molecule has 0 saturated carbocycles. The van der Waals surface area contributed by atoms with Crippen LogP contribution >= 0.6 is 31.9 Å². The van der Waals surface area contributed by atoms with Gasteiger partial charge in [-0.15, -0.1) is 0 Å². The van der Waals surface area contributed by atoms with Gasteiger partial charge in [0.25, 0.3) is 0 Å². The molecular weight excluding hydrogens is 300 g/mol. The quantitative estimate of drug-likeness (QED) is 0.489. The van der Waals surface area contributed by atoms with E-state index in [0.717, 1.165) is 4.47 Å². The van der Waals surface area contributed by atoms with Crippen LogP contribution in [-0.4, -0.2) is 16.9 Å². The largest absolute Gasteiger partial charge is 0.290 e. The van der Waals surface area contributed by atoms with Crippen LogP contribution < -0.4 is 0 Å². The Morgan fingerprint density at radius 2 is 1.69 bits per heavy atom. The van der Waals surface area contributed by atoms with E-state index in [1.54, 1.807) is 24.3 Å². The zero-order valence-electron chi connectivity index (χ0n) is 6.59. The fourth-order valence-electron chi connectivity index (χ4n) is 0.823. The lowest BCUT2D eigenvalue weighted by Crippen LogP contribution is -2.14. The molecule has 1 rings (SSSR count). The summed E-state index contributed by atoms with van der Waals surface area (Å²) in [6, 6.07) is 6.70. The highest BCUT2D eigenvalue weighted by atomic mass is 79.9. The van der Waals surface area contributed by atoms with Gasteiger partial charge in [0.05, 0.1) is 5.33 Å². The first kappa shape index (κ1) is 10.6. The molecule has 0 aliphatic carbocycles. The van der Waals surface area contributed by atoms with Gasteiger partial charge in [-0.05, 0) is 24.3 Å². The first-order valence-corrected chi connectivity index (χ1v) is 5.45. The molecule has 13 heavy (non-hydrogen) atoms. The minimum absolute atomic E-state index is 0.0713. The fourth-order valence-corrected chi connectivity index (χ4v) is 1.34. The summed E-state index contributed by atoms with van der Waals surface area (Å²) in [5.74, 6) is -0.883. The average Bonchev–Trinajstić information content (AvgIpc) is 2.17. The molecule has 0 atom stereocenters. The number of hydrogen-bond acceptors (Lipinski definition) is 2. The Balaban J connectivity index is 2.90. The van der Waals surface area contributed by atoms with Crippen molar-refractivity contribution >= 4 is 43.4 Å². The molecule has 2 nitrogen and oxygen atoms in total. The van der Waals surface area contributed by atoms with E-state index < -0.39 is 11.6 Å². The molecule has 1 aromatic rings.